The maximum absolute atomic E-state index is 6.85. The lowest BCUT2D eigenvalue weighted by molar-refractivity contribution is 0.633. The Hall–Kier alpha value is -7.30. The number of hydrogen-bond acceptors (Lipinski definition) is 4. The zero-order chi connectivity index (χ0) is 39.9. The van der Waals surface area contributed by atoms with Gasteiger partial charge >= 0.3 is 0 Å². The summed E-state index contributed by atoms with van der Waals surface area (Å²) in [6.45, 7) is 10.9. The van der Waals surface area contributed by atoms with Gasteiger partial charge in [0, 0.05) is 55.7 Å². The molecule has 9 aromatic carbocycles. The fourth-order valence-corrected chi connectivity index (χ4v) is 9.18. The second-order valence-electron chi connectivity index (χ2n) is 16.1. The number of anilines is 6. The highest BCUT2D eigenvalue weighted by Crippen LogP contribution is 2.45. The van der Waals surface area contributed by atoms with E-state index in [0.29, 0.717) is 0 Å². The van der Waals surface area contributed by atoms with Crippen LogP contribution in [-0.2, 0) is 0 Å². The zero-order valence-corrected chi connectivity index (χ0v) is 33.8. The van der Waals surface area contributed by atoms with Crippen LogP contribution in [0.15, 0.2) is 173 Å². The Morgan fingerprint density at radius 1 is 0.322 bits per heavy atom. The zero-order valence-electron chi connectivity index (χ0n) is 33.8. The van der Waals surface area contributed by atoms with E-state index in [2.05, 4.69) is 208 Å². The first-order valence-electron chi connectivity index (χ1n) is 20.3. The van der Waals surface area contributed by atoms with Crippen molar-refractivity contribution in [2.45, 2.75) is 34.6 Å². The average Bonchev–Trinajstić information content (AvgIpc) is 3.80. The smallest absolute Gasteiger partial charge is 0.178 e. The molecule has 0 unspecified atom stereocenters. The molecule has 4 heteroatoms. The molecule has 0 bridgehead atoms. The normalized spacial score (nSPS) is 11.8. The van der Waals surface area contributed by atoms with E-state index in [-0.39, 0.29) is 0 Å². The summed E-state index contributed by atoms with van der Waals surface area (Å²) in [6.07, 6.45) is 0. The van der Waals surface area contributed by atoms with Crippen LogP contribution in [0.4, 0.5) is 34.1 Å². The van der Waals surface area contributed by atoms with Crippen LogP contribution in [0.25, 0.3) is 65.4 Å². The Bertz CT molecular complexity index is 3390. The minimum absolute atomic E-state index is 0.781. The van der Waals surface area contributed by atoms with Crippen molar-refractivity contribution in [3.05, 3.63) is 192 Å². The Labute approximate surface area is 343 Å². The molecule has 11 aromatic rings. The third kappa shape index (κ3) is 5.59. The van der Waals surface area contributed by atoms with E-state index in [4.69, 9.17) is 8.83 Å². The largest absolute Gasteiger partial charge is 0.452 e. The fraction of sp³-hybridized carbons (Fsp3) is 0.0909. The van der Waals surface area contributed by atoms with Gasteiger partial charge < -0.3 is 18.6 Å². The standard InChI is InChI=1S/C55H42N2O2/c1-33-14-6-10-18-47(33)56(48-19-11-7-15-34(48)2)42-24-22-38-29-44-45-26-37(5)53-46-30-39-23-25-43(57(49-20-12-8-16-35(49)3)50-21-13-9-17-36(50)4)28-41(39)32-52(46)59-55(53)54(45)58-51(44)31-40(38)27-42/h6-32H,1-5H3. The number of hydrogen-bond donors (Lipinski definition) is 0. The van der Waals surface area contributed by atoms with Gasteiger partial charge in [0.25, 0.3) is 0 Å². The lowest BCUT2D eigenvalue weighted by atomic mass is 10.00. The van der Waals surface area contributed by atoms with Gasteiger partial charge in [-0.3, -0.25) is 0 Å². The summed E-state index contributed by atoms with van der Waals surface area (Å²) in [6, 6.07) is 59.0. The lowest BCUT2D eigenvalue weighted by Crippen LogP contribution is -2.12. The van der Waals surface area contributed by atoms with Crippen LogP contribution in [0.3, 0.4) is 0 Å². The molecule has 0 atom stereocenters. The second kappa shape index (κ2) is 13.4. The predicted octanol–water partition coefficient (Wildman–Crippen LogP) is 16.3. The van der Waals surface area contributed by atoms with Crippen LogP contribution in [-0.4, -0.2) is 0 Å². The van der Waals surface area contributed by atoms with E-state index in [0.717, 1.165) is 105 Å². The molecule has 0 N–H and O–H groups in total. The van der Waals surface area contributed by atoms with Crippen molar-refractivity contribution in [3.8, 4) is 0 Å². The molecule has 0 amide bonds. The molecular weight excluding hydrogens is 721 g/mol. The Morgan fingerprint density at radius 2 is 0.729 bits per heavy atom. The summed E-state index contributed by atoms with van der Waals surface area (Å²) < 4.78 is 13.7. The Balaban J connectivity index is 1.06. The molecule has 11 rings (SSSR count). The van der Waals surface area contributed by atoms with Gasteiger partial charge in [-0.15, -0.1) is 0 Å². The molecule has 4 nitrogen and oxygen atoms in total. The first-order valence-corrected chi connectivity index (χ1v) is 20.3. The van der Waals surface area contributed by atoms with Crippen LogP contribution < -0.4 is 9.80 Å². The van der Waals surface area contributed by atoms with Crippen LogP contribution in [0, 0.1) is 34.6 Å². The van der Waals surface area contributed by atoms with E-state index in [9.17, 15) is 0 Å². The molecule has 0 saturated heterocycles. The highest BCUT2D eigenvalue weighted by molar-refractivity contribution is 6.22. The molecule has 0 radical (unpaired) electrons. The van der Waals surface area contributed by atoms with Crippen molar-refractivity contribution in [1.82, 2.24) is 0 Å². The number of nitrogens with zero attached hydrogens (tertiary/aromatic N) is 2. The third-order valence-electron chi connectivity index (χ3n) is 12.2. The van der Waals surface area contributed by atoms with E-state index >= 15 is 0 Å². The number of para-hydroxylation sites is 4. The summed E-state index contributed by atoms with van der Waals surface area (Å²) in [5.41, 5.74) is 16.1. The summed E-state index contributed by atoms with van der Waals surface area (Å²) in [5, 5.41) is 8.90. The quantitative estimate of drug-likeness (QED) is 0.169. The van der Waals surface area contributed by atoms with Crippen molar-refractivity contribution in [3.63, 3.8) is 0 Å². The van der Waals surface area contributed by atoms with Crippen molar-refractivity contribution in [2.75, 3.05) is 9.80 Å². The van der Waals surface area contributed by atoms with Gasteiger partial charge in [-0.1, -0.05) is 84.9 Å². The summed E-state index contributed by atoms with van der Waals surface area (Å²) in [7, 11) is 0. The summed E-state index contributed by atoms with van der Waals surface area (Å²) in [4.78, 5) is 4.73. The first kappa shape index (κ1) is 34.9. The van der Waals surface area contributed by atoms with Crippen LogP contribution in [0.1, 0.15) is 27.8 Å². The monoisotopic (exact) mass is 762 g/mol. The highest BCUT2D eigenvalue weighted by Gasteiger charge is 2.22. The maximum Gasteiger partial charge on any atom is 0.178 e. The first-order chi connectivity index (χ1) is 28.8. The molecular formula is C55H42N2O2. The molecule has 284 valence electrons. The predicted molar refractivity (Wildman–Crippen MR) is 249 cm³/mol. The van der Waals surface area contributed by atoms with Gasteiger partial charge in [0.05, 0.1) is 0 Å². The number of benzene rings is 9. The second-order valence-corrected chi connectivity index (χ2v) is 16.1. The third-order valence-corrected chi connectivity index (χ3v) is 12.2. The van der Waals surface area contributed by atoms with Crippen LogP contribution >= 0.6 is 0 Å². The van der Waals surface area contributed by atoms with Gasteiger partial charge in [0.1, 0.15) is 11.2 Å². The van der Waals surface area contributed by atoms with Crippen LogP contribution in [0.5, 0.6) is 0 Å². The molecule has 2 heterocycles. The van der Waals surface area contributed by atoms with Crippen molar-refractivity contribution >= 4 is 99.5 Å². The van der Waals surface area contributed by atoms with Gasteiger partial charge in [0.2, 0.25) is 0 Å². The van der Waals surface area contributed by atoms with Gasteiger partial charge in [0.15, 0.2) is 11.2 Å². The summed E-state index contributed by atoms with van der Waals surface area (Å²) >= 11 is 0. The minimum atomic E-state index is 0.781. The van der Waals surface area contributed by atoms with Gasteiger partial charge in [-0.05, 0) is 163 Å². The number of furan rings is 2. The number of fused-ring (bicyclic) bond motifs is 9. The Kier molecular flexibility index (Phi) is 7.92. The molecule has 2 aromatic heterocycles. The highest BCUT2D eigenvalue weighted by atomic mass is 16.4. The fourth-order valence-electron chi connectivity index (χ4n) is 9.18. The van der Waals surface area contributed by atoms with Gasteiger partial charge in [-0.25, -0.2) is 0 Å². The number of aryl methyl sites for hydroxylation is 5. The lowest BCUT2D eigenvalue weighted by Gasteiger charge is -2.28. The minimum Gasteiger partial charge on any atom is -0.452 e. The van der Waals surface area contributed by atoms with Crippen LogP contribution in [0.2, 0.25) is 0 Å². The number of rotatable bonds is 6. The molecule has 59 heavy (non-hydrogen) atoms. The van der Waals surface area contributed by atoms with E-state index in [1.165, 1.54) is 22.3 Å². The molecule has 0 fully saturated rings. The van der Waals surface area contributed by atoms with E-state index in [1.807, 2.05) is 0 Å². The topological polar surface area (TPSA) is 32.8 Å². The Morgan fingerprint density at radius 3 is 1.19 bits per heavy atom. The van der Waals surface area contributed by atoms with E-state index in [1.54, 1.807) is 0 Å². The van der Waals surface area contributed by atoms with Crippen molar-refractivity contribution in [2.24, 2.45) is 0 Å². The average molecular weight is 763 g/mol. The molecule has 0 aliphatic rings. The van der Waals surface area contributed by atoms with Crippen molar-refractivity contribution in [1.29, 1.82) is 0 Å². The molecule has 0 aliphatic carbocycles. The maximum atomic E-state index is 6.85. The van der Waals surface area contributed by atoms with Crippen molar-refractivity contribution < 1.29 is 8.83 Å². The van der Waals surface area contributed by atoms with E-state index < -0.39 is 0 Å². The summed E-state index contributed by atoms with van der Waals surface area (Å²) in [5.74, 6) is 0. The molecule has 0 spiro atoms. The molecule has 0 aliphatic heterocycles. The molecule has 0 saturated carbocycles. The van der Waals surface area contributed by atoms with Gasteiger partial charge in [-0.2, -0.15) is 0 Å². The SMILES string of the molecule is Cc1ccccc1N(c1ccc2cc3c(cc2c1)oc1c3cc(C)c2c3cc4ccc(N(c5ccccc5C)c5ccccc5C)cc4cc3oc12)c1ccccc1C.